The highest BCUT2D eigenvalue weighted by Gasteiger charge is 1.86. The van der Waals surface area contributed by atoms with Gasteiger partial charge in [0.2, 0.25) is 6.39 Å². The van der Waals surface area contributed by atoms with Crippen molar-refractivity contribution in [3.8, 4) is 0 Å². The monoisotopic (exact) mass is 1410 g/mol. The molecule has 2 N–H and O–H groups in total. The molecule has 0 spiro atoms. The average Bonchev–Trinajstić information content (AvgIpc) is 4.67. The standard InChI is InChI=1S/2C6H7N.C4H7N3.2C4H6N2.2C4H5NO.2C4H5NS.C3H5N3.C3H4N2O.C3H4N2S.11C2H6/c1-6-3-2-4-7-5-6;1-6-4-2-3-5-7-6;1-3-5-4(2)7-6-3;1-4-2-5-3-6-4;1-6-3-2-5-4-6;1-4-2-6-3-5-4;1-4-2-5-6-3-4;1-4-2-6-3-5-4;1-4-2-5-6-3-4;1-6-2-4-5-3-6;2*1-3-4-2-6-5-3;11*1-2/h2*2-5H,1H3;1-2H3,(H,5,6,7);2-3H,1H3,(H,5,6);2-4H,1H3;5*2-3H,1H3;2*2H,1H3;11*1-2H3. The Morgan fingerprint density at radius 3 is 1.21 bits per heavy atom. The summed E-state index contributed by atoms with van der Waals surface area (Å²) in [6.07, 6.45) is 26.9. The summed E-state index contributed by atoms with van der Waals surface area (Å²) in [7, 11) is 3.81. The van der Waals surface area contributed by atoms with E-state index >= 15 is 0 Å². The van der Waals surface area contributed by atoms with Crippen molar-refractivity contribution in [3.63, 3.8) is 0 Å². The zero-order valence-electron chi connectivity index (χ0n) is 66.4. The minimum Gasteiger partial charge on any atom is -0.452 e. The fourth-order valence-corrected chi connectivity index (χ4v) is 5.27. The highest BCUT2D eigenvalue weighted by atomic mass is 32.1. The third kappa shape index (κ3) is 101. The van der Waals surface area contributed by atoms with Gasteiger partial charge in [-0.05, 0) is 129 Å². The van der Waals surface area contributed by atoms with Crippen LogP contribution in [0.25, 0.3) is 0 Å². The summed E-state index contributed by atoms with van der Waals surface area (Å²) in [6.45, 7) is 65.1. The summed E-state index contributed by atoms with van der Waals surface area (Å²) in [5, 5.41) is 24.5. The van der Waals surface area contributed by atoms with Gasteiger partial charge in [-0.3, -0.25) is 20.1 Å². The van der Waals surface area contributed by atoms with Crippen LogP contribution >= 0.6 is 34.4 Å². The Morgan fingerprint density at radius 1 is 0.443 bits per heavy atom. The Hall–Kier alpha value is -8.62. The van der Waals surface area contributed by atoms with E-state index in [4.69, 9.17) is 0 Å². The van der Waals surface area contributed by atoms with Crippen LogP contribution in [0.3, 0.4) is 0 Å². The van der Waals surface area contributed by atoms with E-state index in [1.165, 1.54) is 47.0 Å². The molecule has 0 saturated carbocycles. The van der Waals surface area contributed by atoms with Gasteiger partial charge in [-0.2, -0.15) is 14.5 Å². The normalized spacial score (nSPS) is 7.54. The SMILES string of the molecule is CC.CC.CC.CC.CC.CC.CC.CC.CC.CC.CC.Cc1ccccn1.Cc1cccnc1.Cc1cnc[nH]1.Cc1cnoc1.Cc1cnsc1.Cc1cocn1.Cc1cscn1.Cc1n[nH]c(C)n1.Cc1ncon1.Cc1ncsn1.Cn1ccnc1.Cn1cnnc1. The quantitative estimate of drug-likeness (QED) is 0.143. The minimum absolute atomic E-state index is 0.676. The van der Waals surface area contributed by atoms with Crippen LogP contribution in [0.5, 0.6) is 0 Å². The molecule has 12 rings (SSSR count). The van der Waals surface area contributed by atoms with Gasteiger partial charge in [0.1, 0.15) is 48.2 Å². The Morgan fingerprint density at radius 2 is 1.06 bits per heavy atom. The van der Waals surface area contributed by atoms with Crippen LogP contribution in [-0.2, 0) is 14.1 Å². The second-order valence-corrected chi connectivity index (χ2v) is 16.7. The van der Waals surface area contributed by atoms with Gasteiger partial charge in [0.25, 0.3) is 0 Å². The summed E-state index contributed by atoms with van der Waals surface area (Å²) in [5.74, 6) is 3.21. The largest absolute Gasteiger partial charge is 0.452 e. The van der Waals surface area contributed by atoms with Crippen molar-refractivity contribution in [2.75, 3.05) is 0 Å². The number of aromatic nitrogens is 20. The first-order chi connectivity index (χ1) is 47.1. The molecule has 552 valence electrons. The molecule has 12 aromatic rings. The van der Waals surface area contributed by atoms with E-state index in [9.17, 15) is 0 Å². The van der Waals surface area contributed by atoms with Gasteiger partial charge in [-0.1, -0.05) is 175 Å². The molecule has 0 atom stereocenters. The van der Waals surface area contributed by atoms with Crippen molar-refractivity contribution in [1.82, 2.24) is 98.4 Å². The highest BCUT2D eigenvalue weighted by molar-refractivity contribution is 7.07. The molecule has 12 heterocycles. The molecule has 0 aromatic carbocycles. The van der Waals surface area contributed by atoms with E-state index in [2.05, 4.69) is 103 Å². The van der Waals surface area contributed by atoms with Gasteiger partial charge < -0.3 is 27.6 Å². The Kier molecular flexibility index (Phi) is 120. The maximum atomic E-state index is 4.60. The van der Waals surface area contributed by atoms with Gasteiger partial charge in [0.15, 0.2) is 12.2 Å². The van der Waals surface area contributed by atoms with Crippen LogP contribution in [0.1, 0.15) is 215 Å². The van der Waals surface area contributed by atoms with Crippen LogP contribution in [0, 0.1) is 76.2 Å². The fraction of sp³-hybridized carbons (Fsp3) is 0.493. The Bertz CT molecular complexity index is 2380. The second-order valence-electron chi connectivity index (χ2n) is 14.7. The van der Waals surface area contributed by atoms with E-state index in [-0.39, 0.29) is 0 Å². The molecule has 0 bridgehead atoms. The Labute approximate surface area is 600 Å². The minimum atomic E-state index is 0.676. The third-order valence-electron chi connectivity index (χ3n) is 7.30. The number of hydrogen-bond acceptors (Lipinski definition) is 22. The number of nitrogens with one attached hydrogen (secondary N) is 2. The lowest BCUT2D eigenvalue weighted by Gasteiger charge is -1.82. The van der Waals surface area contributed by atoms with Crippen molar-refractivity contribution in [3.05, 3.63) is 215 Å². The van der Waals surface area contributed by atoms with E-state index in [0.717, 1.165) is 45.8 Å². The summed E-state index contributed by atoms with van der Waals surface area (Å²) in [4.78, 5) is 37.4. The zero-order chi connectivity index (χ0) is 77.2. The van der Waals surface area contributed by atoms with E-state index < -0.39 is 0 Å². The first-order valence-electron chi connectivity index (χ1n) is 33.3. The molecule has 26 heteroatoms. The molecule has 0 amide bonds. The van der Waals surface area contributed by atoms with Crippen LogP contribution in [-0.4, -0.2) is 98.4 Å². The number of nitrogens with zero attached hydrogens (tertiary/aromatic N) is 18. The molecule has 0 saturated heterocycles. The lowest BCUT2D eigenvalue weighted by molar-refractivity contribution is 0.412. The van der Waals surface area contributed by atoms with Gasteiger partial charge >= 0.3 is 0 Å². The Balaban J connectivity index is -0.0000000901. The first kappa shape index (κ1) is 113. The number of aryl methyl sites for hydroxylation is 13. The third-order valence-corrected chi connectivity index (χ3v) is 9.28. The van der Waals surface area contributed by atoms with E-state index in [1.54, 1.807) is 97.2 Å². The summed E-state index contributed by atoms with van der Waals surface area (Å²) in [6, 6.07) is 9.80. The number of hydrogen-bond donors (Lipinski definition) is 2. The van der Waals surface area contributed by atoms with Crippen molar-refractivity contribution in [2.45, 2.75) is 228 Å². The van der Waals surface area contributed by atoms with E-state index in [0.29, 0.717) is 5.82 Å². The molecule has 0 radical (unpaired) electrons. The molecule has 0 fully saturated rings. The van der Waals surface area contributed by atoms with Gasteiger partial charge in [0, 0.05) is 90.9 Å². The van der Waals surface area contributed by atoms with Gasteiger partial charge in [-0.15, -0.1) is 21.5 Å². The van der Waals surface area contributed by atoms with Crippen molar-refractivity contribution in [1.29, 1.82) is 0 Å². The number of oxazole rings is 1. The molecule has 0 aliphatic carbocycles. The predicted octanol–water partition coefficient (Wildman–Crippen LogP) is 21.5. The predicted molar refractivity (Wildman–Crippen MR) is 416 cm³/mol. The number of H-pyrrole nitrogens is 2. The molecule has 97 heavy (non-hydrogen) atoms. The summed E-state index contributed by atoms with van der Waals surface area (Å²) in [5.41, 5.74) is 11.3. The first-order valence-corrected chi connectivity index (χ1v) is 35.9. The molecule has 12 aromatic heterocycles. The average molecular weight is 1410 g/mol. The molecule has 0 aliphatic rings. The van der Waals surface area contributed by atoms with Crippen LogP contribution in [0.4, 0.5) is 0 Å². The van der Waals surface area contributed by atoms with Crippen molar-refractivity contribution in [2.24, 2.45) is 14.1 Å². The van der Waals surface area contributed by atoms with Gasteiger partial charge in [-0.25, -0.2) is 29.3 Å². The van der Waals surface area contributed by atoms with Crippen molar-refractivity contribution >= 4 is 34.4 Å². The molecule has 23 nitrogen and oxygen atoms in total. The molecular weight excluding hydrogens is 1280 g/mol. The zero-order valence-corrected chi connectivity index (χ0v) is 68.9. The summed E-state index contributed by atoms with van der Waals surface area (Å²) >= 11 is 4.50. The van der Waals surface area contributed by atoms with Crippen LogP contribution in [0.15, 0.2) is 166 Å². The maximum absolute atomic E-state index is 4.60. The van der Waals surface area contributed by atoms with Crippen LogP contribution in [0.2, 0.25) is 0 Å². The molecule has 0 aliphatic heterocycles. The van der Waals surface area contributed by atoms with Gasteiger partial charge in [0.05, 0.1) is 30.1 Å². The topological polar surface area (TPSA) is 287 Å². The lowest BCUT2D eigenvalue weighted by atomic mass is 10.3. The maximum Gasteiger partial charge on any atom is 0.213 e. The fourth-order valence-electron chi connectivity index (χ4n) is 3.76. The second kappa shape index (κ2) is 103. The van der Waals surface area contributed by atoms with Crippen LogP contribution < -0.4 is 0 Å². The van der Waals surface area contributed by atoms with Crippen molar-refractivity contribution < 1.29 is 13.5 Å². The molecule has 0 unspecified atom stereocenters. The number of imidazole rings is 2. The highest BCUT2D eigenvalue weighted by Crippen LogP contribution is 1.97. The number of thiazole rings is 1. The number of aromatic amines is 2. The number of rotatable bonds is 0. The summed E-state index contributed by atoms with van der Waals surface area (Å²) < 4.78 is 24.8. The van der Waals surface area contributed by atoms with E-state index in [1.807, 2.05) is 305 Å². The smallest absolute Gasteiger partial charge is 0.213 e. The lowest BCUT2D eigenvalue weighted by Crippen LogP contribution is -1.76. The molecular formula is C71H132N20O3S3. The number of pyridine rings is 2.